The maximum atomic E-state index is 5.79. The Balaban J connectivity index is 2.41. The molecule has 1 aromatic carbocycles. The predicted molar refractivity (Wildman–Crippen MR) is 65.3 cm³/mol. The molecule has 0 fully saturated rings. The second kappa shape index (κ2) is 3.94. The number of thiazole rings is 1. The summed E-state index contributed by atoms with van der Waals surface area (Å²) in [6.45, 7) is 0. The van der Waals surface area contributed by atoms with Gasteiger partial charge in [0, 0.05) is 10.6 Å². The third-order valence-corrected chi connectivity index (χ3v) is 3.59. The quantitative estimate of drug-likeness (QED) is 0.722. The largest absolute Gasteiger partial charge is 0.243 e. The molecule has 66 valence electrons. The third kappa shape index (κ3) is 2.21. The van der Waals surface area contributed by atoms with Crippen molar-refractivity contribution in [2.45, 2.75) is 0 Å². The number of nitrogens with zero attached hydrogens (tertiary/aromatic N) is 1. The second-order valence-electron chi connectivity index (χ2n) is 2.48. The fraction of sp³-hybridized carbons (Fsp3) is 0. The van der Waals surface area contributed by atoms with Crippen LogP contribution in [-0.2, 0) is 0 Å². The smallest absolute Gasteiger partial charge is 0.124 e. The van der Waals surface area contributed by atoms with Crippen molar-refractivity contribution >= 4 is 45.5 Å². The first-order valence-electron chi connectivity index (χ1n) is 3.63. The fourth-order valence-corrected chi connectivity index (χ4v) is 2.52. The van der Waals surface area contributed by atoms with Gasteiger partial charge in [0.1, 0.15) is 5.01 Å². The monoisotopic (exact) mass is 321 g/mol. The number of rotatable bonds is 1. The molecule has 0 unspecified atom stereocenters. The molecule has 0 N–H and O–H groups in total. The number of aromatic nitrogens is 1. The van der Waals surface area contributed by atoms with Crippen LogP contribution in [-0.4, -0.2) is 4.98 Å². The van der Waals surface area contributed by atoms with Gasteiger partial charge in [0.05, 0.1) is 9.08 Å². The van der Waals surface area contributed by atoms with Crippen LogP contribution in [0.25, 0.3) is 10.6 Å². The van der Waals surface area contributed by atoms with Gasteiger partial charge in [-0.1, -0.05) is 23.7 Å². The summed E-state index contributed by atoms with van der Waals surface area (Å²) in [4.78, 5) is 4.28. The highest BCUT2D eigenvalue weighted by atomic mass is 127. The molecule has 0 bridgehead atoms. The fourth-order valence-electron chi connectivity index (χ4n) is 0.980. The Labute approximate surface area is 98.9 Å². The van der Waals surface area contributed by atoms with Gasteiger partial charge in [0.2, 0.25) is 0 Å². The summed E-state index contributed by atoms with van der Waals surface area (Å²) in [7, 11) is 0. The Morgan fingerprint density at radius 1 is 1.23 bits per heavy atom. The Bertz CT molecular complexity index is 410. The van der Waals surface area contributed by atoms with E-state index in [1.165, 1.54) is 2.88 Å². The minimum atomic E-state index is 0.759. The van der Waals surface area contributed by atoms with Crippen LogP contribution in [0.5, 0.6) is 0 Å². The number of hydrogen-bond acceptors (Lipinski definition) is 2. The average Bonchev–Trinajstić information content (AvgIpc) is 2.53. The van der Waals surface area contributed by atoms with E-state index in [-0.39, 0.29) is 0 Å². The first-order valence-corrected chi connectivity index (χ1v) is 5.90. The Hall–Kier alpha value is -0.130. The molecule has 0 atom stereocenters. The highest BCUT2D eigenvalue weighted by Crippen LogP contribution is 2.26. The van der Waals surface area contributed by atoms with Gasteiger partial charge < -0.3 is 0 Å². The molecule has 0 radical (unpaired) electrons. The number of hydrogen-bond donors (Lipinski definition) is 0. The molecule has 0 saturated carbocycles. The van der Waals surface area contributed by atoms with Crippen molar-refractivity contribution in [3.8, 4) is 10.6 Å². The molecule has 1 nitrogen and oxygen atoms in total. The summed E-state index contributed by atoms with van der Waals surface area (Å²) in [5.41, 5.74) is 1.12. The lowest BCUT2D eigenvalue weighted by atomic mass is 10.2. The normalized spacial score (nSPS) is 10.3. The summed E-state index contributed by atoms with van der Waals surface area (Å²) in [6, 6.07) is 7.73. The molecule has 0 aliphatic rings. The van der Waals surface area contributed by atoms with E-state index >= 15 is 0 Å². The summed E-state index contributed by atoms with van der Waals surface area (Å²) in [5.74, 6) is 0. The molecular weight excluding hydrogens is 317 g/mol. The van der Waals surface area contributed by atoms with Crippen LogP contribution in [0, 0.1) is 2.88 Å². The van der Waals surface area contributed by atoms with Gasteiger partial charge in [-0.3, -0.25) is 0 Å². The van der Waals surface area contributed by atoms with Crippen molar-refractivity contribution in [1.82, 2.24) is 4.98 Å². The summed E-state index contributed by atoms with van der Waals surface area (Å²) in [6.07, 6.45) is 1.87. The van der Waals surface area contributed by atoms with Crippen molar-refractivity contribution in [3.63, 3.8) is 0 Å². The molecular formula is C9H5ClINS. The van der Waals surface area contributed by atoms with E-state index in [2.05, 4.69) is 27.6 Å². The van der Waals surface area contributed by atoms with Crippen molar-refractivity contribution in [3.05, 3.63) is 38.4 Å². The maximum absolute atomic E-state index is 5.79. The summed E-state index contributed by atoms with van der Waals surface area (Å²) in [5, 5.41) is 1.80. The second-order valence-corrected chi connectivity index (χ2v) is 5.84. The van der Waals surface area contributed by atoms with Gasteiger partial charge >= 0.3 is 0 Å². The molecule has 1 aromatic heterocycles. The highest BCUT2D eigenvalue weighted by Gasteiger charge is 2.01. The average molecular weight is 322 g/mol. The number of benzene rings is 1. The lowest BCUT2D eigenvalue weighted by molar-refractivity contribution is 1.40. The van der Waals surface area contributed by atoms with Crippen molar-refractivity contribution in [1.29, 1.82) is 0 Å². The molecule has 0 amide bonds. The van der Waals surface area contributed by atoms with E-state index in [0.717, 1.165) is 15.6 Å². The molecule has 4 heteroatoms. The zero-order valence-electron chi connectivity index (χ0n) is 6.50. The summed E-state index contributed by atoms with van der Waals surface area (Å²) < 4.78 is 1.20. The minimum absolute atomic E-state index is 0.759. The molecule has 0 aliphatic carbocycles. The predicted octanol–water partition coefficient (Wildman–Crippen LogP) is 4.07. The van der Waals surface area contributed by atoms with Crippen LogP contribution < -0.4 is 0 Å². The van der Waals surface area contributed by atoms with E-state index in [1.807, 2.05) is 30.5 Å². The van der Waals surface area contributed by atoms with Gasteiger partial charge in [-0.25, -0.2) is 4.98 Å². The van der Waals surface area contributed by atoms with Crippen molar-refractivity contribution in [2.24, 2.45) is 0 Å². The van der Waals surface area contributed by atoms with Crippen molar-refractivity contribution < 1.29 is 0 Å². The van der Waals surface area contributed by atoms with Gasteiger partial charge in [0.25, 0.3) is 0 Å². The van der Waals surface area contributed by atoms with E-state index in [4.69, 9.17) is 11.6 Å². The van der Waals surface area contributed by atoms with Crippen LogP contribution in [0.3, 0.4) is 0 Å². The third-order valence-electron chi connectivity index (χ3n) is 1.57. The first kappa shape index (κ1) is 9.43. The number of halogens is 2. The SMILES string of the molecule is Clc1ccc(-c2ncc(I)s2)cc1. The van der Waals surface area contributed by atoms with E-state index in [1.54, 1.807) is 11.3 Å². The maximum Gasteiger partial charge on any atom is 0.124 e. The lowest BCUT2D eigenvalue weighted by Gasteiger charge is -1.94. The Morgan fingerprint density at radius 2 is 1.92 bits per heavy atom. The topological polar surface area (TPSA) is 12.9 Å². The standard InChI is InChI=1S/C9H5ClINS/c10-7-3-1-6(2-4-7)9-12-5-8(11)13-9/h1-5H. The van der Waals surface area contributed by atoms with Crippen LogP contribution in [0.15, 0.2) is 30.5 Å². The van der Waals surface area contributed by atoms with Gasteiger partial charge in [-0.05, 0) is 34.7 Å². The molecule has 0 saturated heterocycles. The van der Waals surface area contributed by atoms with Gasteiger partial charge in [-0.2, -0.15) is 0 Å². The Morgan fingerprint density at radius 3 is 2.46 bits per heavy atom. The highest BCUT2D eigenvalue weighted by molar-refractivity contribution is 14.1. The zero-order chi connectivity index (χ0) is 9.26. The molecule has 2 aromatic rings. The molecule has 0 spiro atoms. The molecule has 2 rings (SSSR count). The van der Waals surface area contributed by atoms with Crippen LogP contribution in [0.4, 0.5) is 0 Å². The van der Waals surface area contributed by atoms with Crippen molar-refractivity contribution in [2.75, 3.05) is 0 Å². The Kier molecular flexibility index (Phi) is 2.86. The lowest BCUT2D eigenvalue weighted by Crippen LogP contribution is -1.73. The van der Waals surface area contributed by atoms with E-state index in [9.17, 15) is 0 Å². The zero-order valence-corrected chi connectivity index (χ0v) is 10.2. The van der Waals surface area contributed by atoms with Gasteiger partial charge in [0.15, 0.2) is 0 Å². The van der Waals surface area contributed by atoms with Crippen LogP contribution >= 0.6 is 45.5 Å². The first-order chi connectivity index (χ1) is 6.25. The van der Waals surface area contributed by atoms with Crippen LogP contribution in [0.1, 0.15) is 0 Å². The van der Waals surface area contributed by atoms with Crippen LogP contribution in [0.2, 0.25) is 5.02 Å². The van der Waals surface area contributed by atoms with Gasteiger partial charge in [-0.15, -0.1) is 11.3 Å². The molecule has 0 aliphatic heterocycles. The summed E-state index contributed by atoms with van der Waals surface area (Å²) >= 11 is 9.73. The van der Waals surface area contributed by atoms with E-state index in [0.29, 0.717) is 0 Å². The van der Waals surface area contributed by atoms with E-state index < -0.39 is 0 Å². The molecule has 1 heterocycles. The minimum Gasteiger partial charge on any atom is -0.243 e. The molecule has 13 heavy (non-hydrogen) atoms.